The van der Waals surface area contributed by atoms with Gasteiger partial charge in [0.15, 0.2) is 0 Å². The number of nitrogens with one attached hydrogen (secondary N) is 1. The smallest absolute Gasteiger partial charge is 0.262 e. The zero-order valence-electron chi connectivity index (χ0n) is 18.3. The van der Waals surface area contributed by atoms with Crippen LogP contribution in [0.5, 0.6) is 5.75 Å². The molecule has 0 aliphatic carbocycles. The molecule has 3 aromatic heterocycles. The van der Waals surface area contributed by atoms with E-state index in [1.54, 1.807) is 12.3 Å². The van der Waals surface area contributed by atoms with Crippen LogP contribution in [0.25, 0.3) is 5.65 Å². The number of hydrogen-bond donors (Lipinski definition) is 1. The fraction of sp³-hybridized carbons (Fsp3) is 0.458. The van der Waals surface area contributed by atoms with Gasteiger partial charge in [0.1, 0.15) is 17.2 Å². The third-order valence-corrected chi connectivity index (χ3v) is 6.12. The van der Waals surface area contributed by atoms with Crippen LogP contribution in [-0.2, 0) is 9.47 Å². The van der Waals surface area contributed by atoms with Gasteiger partial charge in [0.25, 0.3) is 5.91 Å². The SMILES string of the molecule is CCOc1cc2nc(C3CCOCC3)cn2cc1C(=O)Nc1cccc(C2CCOC2)n1. The zero-order valence-corrected chi connectivity index (χ0v) is 18.3. The normalized spacial score (nSPS) is 19.3. The number of carbonyl (C=O) groups is 1. The number of amides is 1. The van der Waals surface area contributed by atoms with Gasteiger partial charge in [0.05, 0.1) is 24.5 Å². The molecule has 1 atom stereocenters. The number of fused-ring (bicyclic) bond motifs is 1. The van der Waals surface area contributed by atoms with Crippen molar-refractivity contribution in [3.63, 3.8) is 0 Å². The average Bonchev–Trinajstić information content (AvgIpc) is 3.50. The van der Waals surface area contributed by atoms with Gasteiger partial charge in [-0.05, 0) is 38.3 Å². The minimum atomic E-state index is -0.260. The van der Waals surface area contributed by atoms with Crippen molar-refractivity contribution in [1.82, 2.24) is 14.4 Å². The van der Waals surface area contributed by atoms with Crippen molar-refractivity contribution in [2.75, 3.05) is 38.4 Å². The standard InChI is InChI=1S/C24H28N4O4/c1-2-32-21-12-23-26-20(16-6-9-30-10-7-16)14-28(23)13-18(21)24(29)27-22-5-3-4-19(25-22)17-8-11-31-15-17/h3-5,12-14,16-17H,2,6-11,15H2,1H3,(H,25,27,29). The van der Waals surface area contributed by atoms with Crippen molar-refractivity contribution >= 4 is 17.4 Å². The lowest BCUT2D eigenvalue weighted by molar-refractivity contribution is 0.0846. The fourth-order valence-electron chi connectivity index (χ4n) is 4.37. The molecule has 5 rings (SSSR count). The third kappa shape index (κ3) is 4.33. The van der Waals surface area contributed by atoms with E-state index in [2.05, 4.69) is 10.3 Å². The number of anilines is 1. The molecular formula is C24H28N4O4. The van der Waals surface area contributed by atoms with Gasteiger partial charge in [-0.3, -0.25) is 4.79 Å². The van der Waals surface area contributed by atoms with Gasteiger partial charge in [-0.1, -0.05) is 6.07 Å². The van der Waals surface area contributed by atoms with Crippen LogP contribution >= 0.6 is 0 Å². The summed E-state index contributed by atoms with van der Waals surface area (Å²) in [6.45, 7) is 5.30. The summed E-state index contributed by atoms with van der Waals surface area (Å²) in [5.41, 5.74) is 3.19. The van der Waals surface area contributed by atoms with Crippen LogP contribution in [0, 0.1) is 0 Å². The summed E-state index contributed by atoms with van der Waals surface area (Å²) in [6, 6.07) is 7.53. The molecule has 0 saturated carbocycles. The van der Waals surface area contributed by atoms with E-state index in [1.807, 2.05) is 35.7 Å². The molecule has 0 bridgehead atoms. The molecule has 2 aliphatic rings. The first-order valence-corrected chi connectivity index (χ1v) is 11.3. The van der Waals surface area contributed by atoms with Crippen LogP contribution in [0.4, 0.5) is 5.82 Å². The lowest BCUT2D eigenvalue weighted by atomic mass is 9.97. The van der Waals surface area contributed by atoms with Crippen molar-refractivity contribution < 1.29 is 19.0 Å². The molecule has 1 N–H and O–H groups in total. The van der Waals surface area contributed by atoms with E-state index in [0.29, 0.717) is 36.3 Å². The first-order chi connectivity index (χ1) is 15.7. The van der Waals surface area contributed by atoms with Crippen LogP contribution in [0.15, 0.2) is 36.7 Å². The number of carbonyl (C=O) groups excluding carboxylic acids is 1. The molecule has 168 valence electrons. The fourth-order valence-corrected chi connectivity index (χ4v) is 4.37. The van der Waals surface area contributed by atoms with E-state index in [9.17, 15) is 4.79 Å². The predicted molar refractivity (Wildman–Crippen MR) is 120 cm³/mol. The highest BCUT2D eigenvalue weighted by Gasteiger charge is 2.22. The summed E-state index contributed by atoms with van der Waals surface area (Å²) in [5, 5.41) is 2.93. The topological polar surface area (TPSA) is 87.0 Å². The first-order valence-electron chi connectivity index (χ1n) is 11.3. The Morgan fingerprint density at radius 2 is 1.91 bits per heavy atom. The monoisotopic (exact) mass is 436 g/mol. The van der Waals surface area contributed by atoms with Crippen LogP contribution in [0.1, 0.15) is 59.8 Å². The molecule has 0 spiro atoms. The maximum Gasteiger partial charge on any atom is 0.262 e. The van der Waals surface area contributed by atoms with Crippen LogP contribution in [0.3, 0.4) is 0 Å². The number of hydrogen-bond acceptors (Lipinski definition) is 6. The highest BCUT2D eigenvalue weighted by Crippen LogP contribution is 2.29. The molecule has 2 aliphatic heterocycles. The van der Waals surface area contributed by atoms with Crippen molar-refractivity contribution in [1.29, 1.82) is 0 Å². The van der Waals surface area contributed by atoms with Crippen LogP contribution < -0.4 is 10.1 Å². The number of aromatic nitrogens is 3. The Bertz CT molecular complexity index is 1100. The van der Waals surface area contributed by atoms with Crippen molar-refractivity contribution in [3.8, 4) is 5.75 Å². The largest absolute Gasteiger partial charge is 0.493 e. The molecule has 2 fully saturated rings. The molecule has 32 heavy (non-hydrogen) atoms. The second-order valence-corrected chi connectivity index (χ2v) is 8.26. The Morgan fingerprint density at radius 1 is 1.09 bits per heavy atom. The quantitative estimate of drug-likeness (QED) is 0.633. The molecule has 5 heterocycles. The molecule has 8 nitrogen and oxygen atoms in total. The predicted octanol–water partition coefficient (Wildman–Crippen LogP) is 3.78. The Hall–Kier alpha value is -2.97. The maximum atomic E-state index is 13.2. The van der Waals surface area contributed by atoms with Crippen molar-refractivity contribution in [2.24, 2.45) is 0 Å². The third-order valence-electron chi connectivity index (χ3n) is 6.12. The number of nitrogens with zero attached hydrogens (tertiary/aromatic N) is 3. The highest BCUT2D eigenvalue weighted by atomic mass is 16.5. The first kappa shape index (κ1) is 20.9. The molecular weight excluding hydrogens is 408 g/mol. The van der Waals surface area contributed by atoms with Gasteiger partial charge in [-0.15, -0.1) is 0 Å². The average molecular weight is 437 g/mol. The molecule has 8 heteroatoms. The van der Waals surface area contributed by atoms with Crippen molar-refractivity contribution in [2.45, 2.75) is 38.0 Å². The highest BCUT2D eigenvalue weighted by molar-refractivity contribution is 6.05. The van der Waals surface area contributed by atoms with E-state index in [1.165, 1.54) is 0 Å². The summed E-state index contributed by atoms with van der Waals surface area (Å²) in [4.78, 5) is 22.6. The number of ether oxygens (including phenoxy) is 3. The van der Waals surface area contributed by atoms with E-state index in [4.69, 9.17) is 19.2 Å². The van der Waals surface area contributed by atoms with Gasteiger partial charge < -0.3 is 23.9 Å². The second kappa shape index (κ2) is 9.26. The molecule has 3 aromatic rings. The number of pyridine rings is 2. The lowest BCUT2D eigenvalue weighted by Crippen LogP contribution is -2.16. The molecule has 1 unspecified atom stereocenters. The summed E-state index contributed by atoms with van der Waals surface area (Å²) < 4.78 is 18.6. The van der Waals surface area contributed by atoms with Gasteiger partial charge in [0.2, 0.25) is 0 Å². The molecule has 2 saturated heterocycles. The van der Waals surface area contributed by atoms with Gasteiger partial charge in [0, 0.05) is 55.8 Å². The summed E-state index contributed by atoms with van der Waals surface area (Å²) >= 11 is 0. The van der Waals surface area contributed by atoms with Crippen LogP contribution in [-0.4, -0.2) is 53.3 Å². The van der Waals surface area contributed by atoms with Crippen molar-refractivity contribution in [3.05, 3.63) is 53.6 Å². The summed E-state index contributed by atoms with van der Waals surface area (Å²) in [5.74, 6) is 1.43. The number of rotatable bonds is 6. The second-order valence-electron chi connectivity index (χ2n) is 8.26. The van der Waals surface area contributed by atoms with Gasteiger partial charge >= 0.3 is 0 Å². The Labute approximate surface area is 186 Å². The molecule has 0 aromatic carbocycles. The minimum Gasteiger partial charge on any atom is -0.493 e. The Balaban J connectivity index is 1.42. The van der Waals surface area contributed by atoms with E-state index >= 15 is 0 Å². The van der Waals surface area contributed by atoms with E-state index in [-0.39, 0.29) is 11.8 Å². The number of imidazole rings is 1. The Morgan fingerprint density at radius 3 is 2.69 bits per heavy atom. The zero-order chi connectivity index (χ0) is 21.9. The molecule has 1 amide bonds. The van der Waals surface area contributed by atoms with Gasteiger partial charge in [-0.2, -0.15) is 0 Å². The van der Waals surface area contributed by atoms with Crippen LogP contribution in [0.2, 0.25) is 0 Å². The summed E-state index contributed by atoms with van der Waals surface area (Å²) in [6.07, 6.45) is 6.68. The Kier molecular flexibility index (Phi) is 6.05. The lowest BCUT2D eigenvalue weighted by Gasteiger charge is -2.19. The summed E-state index contributed by atoms with van der Waals surface area (Å²) in [7, 11) is 0. The maximum absolute atomic E-state index is 13.2. The molecule has 0 radical (unpaired) electrons. The van der Waals surface area contributed by atoms with E-state index in [0.717, 1.165) is 56.1 Å². The van der Waals surface area contributed by atoms with Gasteiger partial charge in [-0.25, -0.2) is 9.97 Å². The van der Waals surface area contributed by atoms with E-state index < -0.39 is 0 Å². The minimum absolute atomic E-state index is 0.260.